The first-order chi connectivity index (χ1) is 9.20. The Labute approximate surface area is 122 Å². The molecule has 0 fully saturated rings. The van der Waals surface area contributed by atoms with Crippen molar-refractivity contribution in [2.24, 2.45) is 7.05 Å². The molecule has 0 aliphatic carbocycles. The molecular weight excluding hydrogens is 302 g/mol. The van der Waals surface area contributed by atoms with Crippen LogP contribution in [0.1, 0.15) is 22.4 Å². The lowest BCUT2D eigenvalue weighted by atomic mass is 10.00. The molecule has 1 aromatic carbocycles. The predicted molar refractivity (Wildman–Crippen MR) is 81.8 cm³/mol. The van der Waals surface area contributed by atoms with E-state index in [1.165, 1.54) is 22.5 Å². The smallest absolute Gasteiger partial charge is 0.131 e. The molecule has 2 aromatic rings. The highest BCUT2D eigenvalue weighted by Crippen LogP contribution is 2.29. The lowest BCUT2D eigenvalue weighted by molar-refractivity contribution is 0.667. The van der Waals surface area contributed by atoms with Gasteiger partial charge in [-0.2, -0.15) is 5.10 Å². The fourth-order valence-electron chi connectivity index (χ4n) is 2.92. The zero-order valence-electron chi connectivity index (χ0n) is 11.4. The SMILES string of the molecule is Cc1nn(C)c(N2CCc3ccccc3C2)c1CBr. The zero-order chi connectivity index (χ0) is 13.4. The predicted octanol–water partition coefficient (Wildman–Crippen LogP) is 3.19. The summed E-state index contributed by atoms with van der Waals surface area (Å²) < 4.78 is 2.01. The molecule has 1 aliphatic heterocycles. The monoisotopic (exact) mass is 319 g/mol. The van der Waals surface area contributed by atoms with Crippen molar-refractivity contribution in [1.29, 1.82) is 0 Å². The van der Waals surface area contributed by atoms with E-state index in [-0.39, 0.29) is 0 Å². The second-order valence-corrected chi connectivity index (χ2v) is 5.65. The molecule has 0 saturated heterocycles. The Bertz CT molecular complexity index is 603. The van der Waals surface area contributed by atoms with Gasteiger partial charge >= 0.3 is 0 Å². The van der Waals surface area contributed by atoms with E-state index in [4.69, 9.17) is 0 Å². The minimum absolute atomic E-state index is 0.861. The molecule has 0 saturated carbocycles. The summed E-state index contributed by atoms with van der Waals surface area (Å²) in [6.07, 6.45) is 1.11. The number of alkyl halides is 1. The van der Waals surface area contributed by atoms with Gasteiger partial charge in [0, 0.05) is 31.0 Å². The second-order valence-electron chi connectivity index (χ2n) is 5.09. The average molecular weight is 320 g/mol. The number of benzene rings is 1. The minimum Gasteiger partial charge on any atom is -0.352 e. The molecule has 2 heterocycles. The van der Waals surface area contributed by atoms with Crippen LogP contribution in [-0.4, -0.2) is 16.3 Å². The normalized spacial score (nSPS) is 14.6. The van der Waals surface area contributed by atoms with Gasteiger partial charge < -0.3 is 4.90 Å². The molecule has 0 amide bonds. The van der Waals surface area contributed by atoms with Crippen LogP contribution < -0.4 is 4.90 Å². The van der Waals surface area contributed by atoms with Crippen molar-refractivity contribution in [2.75, 3.05) is 11.4 Å². The Balaban J connectivity index is 1.97. The Kier molecular flexibility index (Phi) is 3.35. The largest absolute Gasteiger partial charge is 0.352 e. The zero-order valence-corrected chi connectivity index (χ0v) is 12.9. The molecule has 100 valence electrons. The summed E-state index contributed by atoms with van der Waals surface area (Å²) in [6.45, 7) is 4.13. The van der Waals surface area contributed by atoms with Crippen LogP contribution in [0.5, 0.6) is 0 Å². The first-order valence-electron chi connectivity index (χ1n) is 6.61. The number of halogens is 1. The number of anilines is 1. The maximum Gasteiger partial charge on any atom is 0.131 e. The average Bonchev–Trinajstić information content (AvgIpc) is 2.72. The van der Waals surface area contributed by atoms with Crippen molar-refractivity contribution in [3.05, 3.63) is 46.6 Å². The van der Waals surface area contributed by atoms with Crippen molar-refractivity contribution in [2.45, 2.75) is 25.2 Å². The third-order valence-electron chi connectivity index (χ3n) is 3.88. The van der Waals surface area contributed by atoms with Crippen LogP contribution in [0.2, 0.25) is 0 Å². The summed E-state index contributed by atoms with van der Waals surface area (Å²) in [4.78, 5) is 2.44. The van der Waals surface area contributed by atoms with Crippen LogP contribution in [0.4, 0.5) is 5.82 Å². The number of nitrogens with zero attached hydrogens (tertiary/aromatic N) is 3. The van der Waals surface area contributed by atoms with Gasteiger partial charge in [-0.3, -0.25) is 4.68 Å². The summed E-state index contributed by atoms with van der Waals surface area (Å²) in [5.41, 5.74) is 5.35. The van der Waals surface area contributed by atoms with E-state index >= 15 is 0 Å². The van der Waals surface area contributed by atoms with Crippen LogP contribution in [-0.2, 0) is 25.3 Å². The minimum atomic E-state index is 0.861. The molecule has 0 unspecified atom stereocenters. The van der Waals surface area contributed by atoms with E-state index < -0.39 is 0 Å². The maximum atomic E-state index is 4.56. The van der Waals surface area contributed by atoms with Crippen LogP contribution >= 0.6 is 15.9 Å². The molecular formula is C15H18BrN3. The highest BCUT2D eigenvalue weighted by atomic mass is 79.9. The highest BCUT2D eigenvalue weighted by Gasteiger charge is 2.22. The van der Waals surface area contributed by atoms with E-state index in [9.17, 15) is 0 Å². The van der Waals surface area contributed by atoms with Gasteiger partial charge in [0.15, 0.2) is 0 Å². The molecule has 0 spiro atoms. The molecule has 0 radical (unpaired) electrons. The standard InChI is InChI=1S/C15H18BrN3/c1-11-14(9-16)15(18(2)17-11)19-8-7-12-5-3-4-6-13(12)10-19/h3-6H,7-10H2,1-2H3. The number of aryl methyl sites for hydroxylation is 2. The highest BCUT2D eigenvalue weighted by molar-refractivity contribution is 9.08. The first-order valence-corrected chi connectivity index (χ1v) is 7.73. The van der Waals surface area contributed by atoms with Crippen LogP contribution in [0.25, 0.3) is 0 Å². The van der Waals surface area contributed by atoms with Gasteiger partial charge in [0.2, 0.25) is 0 Å². The fourth-order valence-corrected chi connectivity index (χ4v) is 3.57. The van der Waals surface area contributed by atoms with Gasteiger partial charge in [0.05, 0.1) is 5.69 Å². The van der Waals surface area contributed by atoms with Gasteiger partial charge in [-0.05, 0) is 24.5 Å². The van der Waals surface area contributed by atoms with Gasteiger partial charge in [-0.1, -0.05) is 40.2 Å². The Morgan fingerprint density at radius 1 is 1.26 bits per heavy atom. The summed E-state index contributed by atoms with van der Waals surface area (Å²) in [5.74, 6) is 1.25. The van der Waals surface area contributed by atoms with Crippen molar-refractivity contribution in [1.82, 2.24) is 9.78 Å². The molecule has 3 nitrogen and oxygen atoms in total. The van der Waals surface area contributed by atoms with E-state index in [0.717, 1.165) is 30.5 Å². The molecule has 19 heavy (non-hydrogen) atoms. The lowest BCUT2D eigenvalue weighted by Crippen LogP contribution is -2.32. The molecule has 4 heteroatoms. The summed E-state index contributed by atoms with van der Waals surface area (Å²) in [5, 5.41) is 5.42. The number of hydrogen-bond donors (Lipinski definition) is 0. The summed E-state index contributed by atoms with van der Waals surface area (Å²) in [7, 11) is 2.04. The molecule has 0 N–H and O–H groups in total. The Morgan fingerprint density at radius 3 is 2.74 bits per heavy atom. The van der Waals surface area contributed by atoms with Gasteiger partial charge in [-0.15, -0.1) is 0 Å². The lowest BCUT2D eigenvalue weighted by Gasteiger charge is -2.31. The van der Waals surface area contributed by atoms with E-state index in [1.807, 2.05) is 11.7 Å². The number of fused-ring (bicyclic) bond motifs is 1. The van der Waals surface area contributed by atoms with Gasteiger partial charge in [0.25, 0.3) is 0 Å². The Hall–Kier alpha value is -1.29. The third-order valence-corrected chi connectivity index (χ3v) is 4.44. The molecule has 1 aliphatic rings. The van der Waals surface area contributed by atoms with Crippen molar-refractivity contribution in [3.63, 3.8) is 0 Å². The van der Waals surface area contributed by atoms with Crippen molar-refractivity contribution >= 4 is 21.7 Å². The second kappa shape index (κ2) is 5.00. The van der Waals surface area contributed by atoms with Crippen LogP contribution in [0, 0.1) is 6.92 Å². The van der Waals surface area contributed by atoms with Crippen molar-refractivity contribution in [3.8, 4) is 0 Å². The quantitative estimate of drug-likeness (QED) is 0.793. The number of rotatable bonds is 2. The fraction of sp³-hybridized carbons (Fsp3) is 0.400. The van der Waals surface area contributed by atoms with Crippen LogP contribution in [0.15, 0.2) is 24.3 Å². The number of hydrogen-bond acceptors (Lipinski definition) is 2. The van der Waals surface area contributed by atoms with E-state index in [1.54, 1.807) is 0 Å². The van der Waals surface area contributed by atoms with E-state index in [0.29, 0.717) is 0 Å². The van der Waals surface area contributed by atoms with Crippen molar-refractivity contribution < 1.29 is 0 Å². The first kappa shape index (κ1) is 12.7. The summed E-state index contributed by atoms with van der Waals surface area (Å²) >= 11 is 3.59. The summed E-state index contributed by atoms with van der Waals surface area (Å²) in [6, 6.07) is 8.74. The molecule has 0 atom stereocenters. The number of aromatic nitrogens is 2. The topological polar surface area (TPSA) is 21.1 Å². The molecule has 3 rings (SSSR count). The third kappa shape index (κ3) is 2.18. The maximum absolute atomic E-state index is 4.56. The molecule has 0 bridgehead atoms. The van der Waals surface area contributed by atoms with Gasteiger partial charge in [0.1, 0.15) is 5.82 Å². The Morgan fingerprint density at radius 2 is 2.00 bits per heavy atom. The van der Waals surface area contributed by atoms with Gasteiger partial charge in [-0.25, -0.2) is 0 Å². The van der Waals surface area contributed by atoms with E-state index in [2.05, 4.69) is 57.1 Å². The molecule has 1 aromatic heterocycles. The van der Waals surface area contributed by atoms with Crippen LogP contribution in [0.3, 0.4) is 0 Å².